The zero-order chi connectivity index (χ0) is 23.8. The van der Waals surface area contributed by atoms with E-state index >= 15 is 0 Å². The molecule has 3 rings (SSSR count). The van der Waals surface area contributed by atoms with E-state index in [1.54, 1.807) is 74.9 Å². The second kappa shape index (κ2) is 11.2. The fourth-order valence-electron chi connectivity index (χ4n) is 3.82. The largest absolute Gasteiger partial charge is 0.493 e. The molecule has 0 aliphatic carbocycles. The Morgan fingerprint density at radius 2 is 1.73 bits per heavy atom. The molecule has 1 heterocycles. The van der Waals surface area contributed by atoms with Crippen molar-refractivity contribution < 1.29 is 24.2 Å². The second-order valence-corrected chi connectivity index (χ2v) is 8.40. The summed E-state index contributed by atoms with van der Waals surface area (Å²) in [6, 6.07) is 15.0. The number of hydrogen-bond acceptors (Lipinski definition) is 5. The van der Waals surface area contributed by atoms with E-state index in [9.17, 15) is 15.0 Å². The number of para-hydroxylation sites is 1. The minimum Gasteiger partial charge on any atom is -0.493 e. The summed E-state index contributed by atoms with van der Waals surface area (Å²) in [5.41, 5.74) is 2.29. The molecule has 3 aromatic rings. The lowest BCUT2D eigenvalue weighted by molar-refractivity contribution is -0.264. The van der Waals surface area contributed by atoms with Gasteiger partial charge in [0.25, 0.3) is 11.8 Å². The summed E-state index contributed by atoms with van der Waals surface area (Å²) in [7, 11) is 0. The van der Waals surface area contributed by atoms with Gasteiger partial charge in [-0.05, 0) is 56.2 Å². The van der Waals surface area contributed by atoms with Gasteiger partial charge in [0.2, 0.25) is 0 Å². The highest BCUT2D eigenvalue weighted by Gasteiger charge is 2.42. The van der Waals surface area contributed by atoms with Crippen LogP contribution in [-0.2, 0) is 5.91 Å². The van der Waals surface area contributed by atoms with Crippen molar-refractivity contribution in [1.82, 2.24) is 4.90 Å². The van der Waals surface area contributed by atoms with Crippen LogP contribution in [0.25, 0.3) is 11.1 Å². The number of carbonyl (C=O) groups is 1. The lowest BCUT2D eigenvalue weighted by Crippen LogP contribution is -2.53. The smallest absolute Gasteiger partial charge is 0.281 e. The van der Waals surface area contributed by atoms with Crippen molar-refractivity contribution in [3.63, 3.8) is 0 Å². The maximum atomic E-state index is 13.4. The lowest BCUT2D eigenvalue weighted by atomic mass is 10.0. The molecule has 0 spiro atoms. The van der Waals surface area contributed by atoms with Crippen LogP contribution in [0.2, 0.25) is 0 Å². The van der Waals surface area contributed by atoms with Gasteiger partial charge in [-0.25, -0.2) is 0 Å². The molecule has 0 aliphatic rings. The highest BCUT2D eigenvalue weighted by atomic mass is 16.5. The molecule has 176 valence electrons. The van der Waals surface area contributed by atoms with E-state index in [1.807, 2.05) is 6.07 Å². The number of amides is 1. The first-order valence-electron chi connectivity index (χ1n) is 11.5. The van der Waals surface area contributed by atoms with Crippen LogP contribution in [0.5, 0.6) is 5.75 Å². The Hall–Kier alpha value is -3.09. The number of benzene rings is 2. The molecular weight excluding hydrogens is 418 g/mol. The van der Waals surface area contributed by atoms with Crippen molar-refractivity contribution in [3.05, 3.63) is 78.3 Å². The molecule has 0 saturated heterocycles. The number of carbonyl (C=O) groups excluding carboxylic acids is 1. The van der Waals surface area contributed by atoms with Crippen LogP contribution in [0.1, 0.15) is 62.4 Å². The van der Waals surface area contributed by atoms with Gasteiger partial charge in [0, 0.05) is 17.2 Å². The standard InChI is InChI=1S/C27H33NO5/c1-4-5-6-9-17-33-25-11-8-7-10-24(25)27(30,31)28(20(2)3)26(29)22-14-12-21(13-15-22)23-16-18-32-19-23/h7-8,10-16,18-20,30-31H,4-6,9,17H2,1-3H3. The second-order valence-electron chi connectivity index (χ2n) is 8.40. The van der Waals surface area contributed by atoms with Gasteiger partial charge in [0.15, 0.2) is 0 Å². The molecule has 0 bridgehead atoms. The van der Waals surface area contributed by atoms with Gasteiger partial charge in [-0.15, -0.1) is 0 Å². The number of nitrogens with zero attached hydrogens (tertiary/aromatic N) is 1. The van der Waals surface area contributed by atoms with E-state index in [-0.39, 0.29) is 5.56 Å². The summed E-state index contributed by atoms with van der Waals surface area (Å²) in [4.78, 5) is 14.5. The van der Waals surface area contributed by atoms with Crippen LogP contribution < -0.4 is 4.74 Å². The van der Waals surface area contributed by atoms with Gasteiger partial charge < -0.3 is 19.4 Å². The van der Waals surface area contributed by atoms with Crippen LogP contribution >= 0.6 is 0 Å². The third-order valence-electron chi connectivity index (χ3n) is 5.56. The Bertz CT molecular complexity index is 1010. The molecule has 0 radical (unpaired) electrons. The summed E-state index contributed by atoms with van der Waals surface area (Å²) in [5, 5.41) is 22.5. The molecule has 0 unspecified atom stereocenters. The van der Waals surface area contributed by atoms with E-state index in [0.29, 0.717) is 17.9 Å². The van der Waals surface area contributed by atoms with Crippen molar-refractivity contribution in [2.75, 3.05) is 6.61 Å². The summed E-state index contributed by atoms with van der Waals surface area (Å²) in [5.74, 6) is -2.69. The molecule has 6 nitrogen and oxygen atoms in total. The average Bonchev–Trinajstić information content (AvgIpc) is 3.34. The van der Waals surface area contributed by atoms with Crippen molar-refractivity contribution in [1.29, 1.82) is 0 Å². The average molecular weight is 452 g/mol. The molecule has 0 aliphatic heterocycles. The van der Waals surface area contributed by atoms with E-state index in [0.717, 1.165) is 41.7 Å². The van der Waals surface area contributed by atoms with Crippen LogP contribution in [0.3, 0.4) is 0 Å². The zero-order valence-corrected chi connectivity index (χ0v) is 19.5. The Morgan fingerprint density at radius 1 is 1.00 bits per heavy atom. The Morgan fingerprint density at radius 3 is 2.36 bits per heavy atom. The van der Waals surface area contributed by atoms with Gasteiger partial charge >= 0.3 is 0 Å². The molecule has 33 heavy (non-hydrogen) atoms. The maximum absolute atomic E-state index is 13.4. The van der Waals surface area contributed by atoms with Gasteiger partial charge in [-0.2, -0.15) is 0 Å². The number of unbranched alkanes of at least 4 members (excludes halogenated alkanes) is 3. The van der Waals surface area contributed by atoms with Gasteiger partial charge in [-0.3, -0.25) is 9.69 Å². The van der Waals surface area contributed by atoms with Crippen molar-refractivity contribution in [2.24, 2.45) is 0 Å². The Balaban J connectivity index is 1.84. The van der Waals surface area contributed by atoms with Crippen LogP contribution in [0.4, 0.5) is 0 Å². The monoisotopic (exact) mass is 451 g/mol. The van der Waals surface area contributed by atoms with Crippen molar-refractivity contribution in [2.45, 2.75) is 58.4 Å². The fraction of sp³-hybridized carbons (Fsp3) is 0.370. The molecule has 0 saturated carbocycles. The predicted molar refractivity (Wildman–Crippen MR) is 128 cm³/mol. The number of hydrogen-bond donors (Lipinski definition) is 2. The summed E-state index contributed by atoms with van der Waals surface area (Å²) in [6.07, 6.45) is 7.40. The van der Waals surface area contributed by atoms with Crippen molar-refractivity contribution >= 4 is 5.91 Å². The highest BCUT2D eigenvalue weighted by molar-refractivity contribution is 5.95. The normalized spacial score (nSPS) is 11.6. The molecule has 2 N–H and O–H groups in total. The summed E-state index contributed by atoms with van der Waals surface area (Å²) >= 11 is 0. The minimum absolute atomic E-state index is 0.137. The third-order valence-corrected chi connectivity index (χ3v) is 5.56. The molecule has 2 aromatic carbocycles. The van der Waals surface area contributed by atoms with Gasteiger partial charge in [0.1, 0.15) is 5.75 Å². The molecule has 1 aromatic heterocycles. The van der Waals surface area contributed by atoms with Crippen LogP contribution in [0.15, 0.2) is 71.5 Å². The zero-order valence-electron chi connectivity index (χ0n) is 19.5. The summed E-state index contributed by atoms with van der Waals surface area (Å²) < 4.78 is 11.0. The molecule has 6 heteroatoms. The first-order valence-corrected chi connectivity index (χ1v) is 11.5. The topological polar surface area (TPSA) is 83.1 Å². The first kappa shape index (κ1) is 24.6. The lowest BCUT2D eigenvalue weighted by Gasteiger charge is -2.39. The van der Waals surface area contributed by atoms with Crippen LogP contribution in [-0.4, -0.2) is 33.7 Å². The van der Waals surface area contributed by atoms with E-state index < -0.39 is 17.9 Å². The van der Waals surface area contributed by atoms with E-state index in [4.69, 9.17) is 9.15 Å². The molecule has 0 atom stereocenters. The fourth-order valence-corrected chi connectivity index (χ4v) is 3.82. The third kappa shape index (κ3) is 5.83. The van der Waals surface area contributed by atoms with E-state index in [2.05, 4.69) is 6.92 Å². The van der Waals surface area contributed by atoms with Gasteiger partial charge in [-0.1, -0.05) is 50.5 Å². The number of furan rings is 1. The summed E-state index contributed by atoms with van der Waals surface area (Å²) in [6.45, 7) is 6.10. The van der Waals surface area contributed by atoms with Gasteiger partial charge in [0.05, 0.1) is 24.7 Å². The SMILES string of the molecule is CCCCCCOc1ccccc1C(O)(O)N(C(=O)c1ccc(-c2ccoc2)cc1)C(C)C. The predicted octanol–water partition coefficient (Wildman–Crippen LogP) is 5.55. The Labute approximate surface area is 195 Å². The maximum Gasteiger partial charge on any atom is 0.281 e. The number of ether oxygens (including phenoxy) is 1. The number of aliphatic hydroxyl groups is 2. The minimum atomic E-state index is -2.55. The Kier molecular flexibility index (Phi) is 8.31. The molecule has 0 fully saturated rings. The molecule has 1 amide bonds. The molecular formula is C27H33NO5. The highest BCUT2D eigenvalue weighted by Crippen LogP contribution is 2.34. The quantitative estimate of drug-likeness (QED) is 0.295. The van der Waals surface area contributed by atoms with E-state index in [1.165, 1.54) is 0 Å². The first-order chi connectivity index (χ1) is 15.9. The van der Waals surface area contributed by atoms with Crippen LogP contribution in [0, 0.1) is 0 Å². The number of rotatable bonds is 11. The van der Waals surface area contributed by atoms with Crippen molar-refractivity contribution in [3.8, 4) is 16.9 Å².